The molecule has 1 aromatic rings. The van der Waals surface area contributed by atoms with Crippen LogP contribution in [-0.4, -0.2) is 4.98 Å². The molecule has 0 unspecified atom stereocenters. The van der Waals surface area contributed by atoms with Crippen LogP contribution in [0.15, 0.2) is 6.20 Å². The first-order valence-electron chi connectivity index (χ1n) is 3.12. The van der Waals surface area contributed by atoms with Gasteiger partial charge in [-0.05, 0) is 6.92 Å². The lowest BCUT2D eigenvalue weighted by Gasteiger charge is -2.06. The van der Waals surface area contributed by atoms with Crippen molar-refractivity contribution >= 4 is 23.2 Å². The number of nitrogens with zero attached hydrogens (tertiary/aromatic N) is 1. The molecule has 1 heterocycles. The maximum Gasteiger partial charge on any atom is 0.267 e. The Labute approximate surface area is 78.3 Å². The number of alkyl halides is 2. The van der Waals surface area contributed by atoms with Gasteiger partial charge in [-0.25, -0.2) is 8.78 Å². The Morgan fingerprint density at radius 3 is 2.42 bits per heavy atom. The summed E-state index contributed by atoms with van der Waals surface area (Å²) in [6.45, 7) is 1.46. The molecule has 0 amide bonds. The molecule has 0 saturated heterocycles. The molecular weight excluding hydrogens is 207 g/mol. The van der Waals surface area contributed by atoms with Crippen molar-refractivity contribution in [1.82, 2.24) is 4.98 Å². The maximum atomic E-state index is 12.3. The van der Waals surface area contributed by atoms with Gasteiger partial charge in [0.2, 0.25) is 0 Å². The molecule has 0 aromatic carbocycles. The SMILES string of the molecule is Cc1ncc(Cl)c(Cl)c1C(F)F. The van der Waals surface area contributed by atoms with Gasteiger partial charge >= 0.3 is 0 Å². The van der Waals surface area contributed by atoms with E-state index in [1.807, 2.05) is 0 Å². The Balaban J connectivity index is 3.33. The fourth-order valence-electron chi connectivity index (χ4n) is 0.821. The van der Waals surface area contributed by atoms with Crippen molar-refractivity contribution in [1.29, 1.82) is 0 Å². The molecule has 1 rings (SSSR count). The van der Waals surface area contributed by atoms with E-state index in [1.54, 1.807) is 0 Å². The summed E-state index contributed by atoms with van der Waals surface area (Å²) in [6.07, 6.45) is -1.38. The second kappa shape index (κ2) is 3.54. The van der Waals surface area contributed by atoms with Crippen LogP contribution in [0.5, 0.6) is 0 Å². The van der Waals surface area contributed by atoms with Crippen molar-refractivity contribution in [3.63, 3.8) is 0 Å². The lowest BCUT2D eigenvalue weighted by Crippen LogP contribution is -1.94. The number of hydrogen-bond acceptors (Lipinski definition) is 1. The van der Waals surface area contributed by atoms with Gasteiger partial charge in [0.1, 0.15) is 0 Å². The summed E-state index contributed by atoms with van der Waals surface area (Å²) in [6, 6.07) is 0. The lowest BCUT2D eigenvalue weighted by atomic mass is 10.2. The summed E-state index contributed by atoms with van der Waals surface area (Å²) in [7, 11) is 0. The third-order valence-corrected chi connectivity index (χ3v) is 2.22. The van der Waals surface area contributed by atoms with E-state index in [2.05, 4.69) is 4.98 Å². The van der Waals surface area contributed by atoms with E-state index in [9.17, 15) is 8.78 Å². The summed E-state index contributed by atoms with van der Waals surface area (Å²) < 4.78 is 24.6. The van der Waals surface area contributed by atoms with Crippen LogP contribution in [0.1, 0.15) is 17.7 Å². The van der Waals surface area contributed by atoms with Gasteiger partial charge in [-0.15, -0.1) is 0 Å². The van der Waals surface area contributed by atoms with E-state index >= 15 is 0 Å². The predicted molar refractivity (Wildman–Crippen MR) is 44.0 cm³/mol. The standard InChI is InChI=1S/C7H5Cl2F2N/c1-3-5(7(10)11)6(9)4(8)2-12-3/h2,7H,1H3. The van der Waals surface area contributed by atoms with E-state index < -0.39 is 6.43 Å². The zero-order chi connectivity index (χ0) is 9.30. The molecule has 0 fully saturated rings. The van der Waals surface area contributed by atoms with Gasteiger partial charge in [0, 0.05) is 11.9 Å². The van der Waals surface area contributed by atoms with Crippen LogP contribution in [0, 0.1) is 6.92 Å². The number of halogens is 4. The average Bonchev–Trinajstić information content (AvgIpc) is 1.97. The zero-order valence-electron chi connectivity index (χ0n) is 6.11. The van der Waals surface area contributed by atoms with Crippen molar-refractivity contribution in [3.05, 3.63) is 27.5 Å². The minimum Gasteiger partial charge on any atom is -0.259 e. The summed E-state index contributed by atoms with van der Waals surface area (Å²) in [4.78, 5) is 3.66. The van der Waals surface area contributed by atoms with Crippen LogP contribution < -0.4 is 0 Å². The van der Waals surface area contributed by atoms with Gasteiger partial charge in [0.25, 0.3) is 6.43 Å². The van der Waals surface area contributed by atoms with E-state index in [4.69, 9.17) is 23.2 Å². The Hall–Kier alpha value is -0.410. The number of aryl methyl sites for hydroxylation is 1. The van der Waals surface area contributed by atoms with Crippen LogP contribution in [0.4, 0.5) is 8.78 Å². The summed E-state index contributed by atoms with van der Waals surface area (Å²) in [5, 5.41) is -0.0586. The van der Waals surface area contributed by atoms with Crippen LogP contribution in [-0.2, 0) is 0 Å². The topological polar surface area (TPSA) is 12.9 Å². The molecule has 0 bridgehead atoms. The molecule has 5 heteroatoms. The van der Waals surface area contributed by atoms with Crippen molar-refractivity contribution < 1.29 is 8.78 Å². The van der Waals surface area contributed by atoms with Gasteiger partial charge in [-0.2, -0.15) is 0 Å². The summed E-state index contributed by atoms with van der Waals surface area (Å²) in [5.41, 5.74) is -0.0800. The van der Waals surface area contributed by atoms with Crippen molar-refractivity contribution in [2.24, 2.45) is 0 Å². The first-order chi connectivity index (χ1) is 5.54. The predicted octanol–water partition coefficient (Wildman–Crippen LogP) is 3.63. The second-order valence-corrected chi connectivity index (χ2v) is 3.01. The van der Waals surface area contributed by atoms with Gasteiger partial charge in [0.15, 0.2) is 0 Å². The molecule has 0 aliphatic heterocycles. The van der Waals surface area contributed by atoms with Crippen LogP contribution in [0.2, 0.25) is 10.0 Å². The highest BCUT2D eigenvalue weighted by Crippen LogP contribution is 2.33. The fourth-order valence-corrected chi connectivity index (χ4v) is 1.24. The molecule has 0 N–H and O–H groups in total. The Morgan fingerprint density at radius 1 is 1.42 bits per heavy atom. The van der Waals surface area contributed by atoms with E-state index in [-0.39, 0.29) is 21.3 Å². The first kappa shape index (κ1) is 9.68. The lowest BCUT2D eigenvalue weighted by molar-refractivity contribution is 0.150. The first-order valence-corrected chi connectivity index (χ1v) is 3.88. The quantitative estimate of drug-likeness (QED) is 0.692. The minimum atomic E-state index is -2.64. The smallest absolute Gasteiger partial charge is 0.259 e. The summed E-state index contributed by atoms with van der Waals surface area (Å²) in [5.74, 6) is 0. The normalized spacial score (nSPS) is 10.8. The Kier molecular flexibility index (Phi) is 2.85. The van der Waals surface area contributed by atoms with Crippen LogP contribution >= 0.6 is 23.2 Å². The number of pyridine rings is 1. The molecule has 66 valence electrons. The molecule has 0 atom stereocenters. The highest BCUT2D eigenvalue weighted by atomic mass is 35.5. The molecule has 0 spiro atoms. The molecular formula is C7H5Cl2F2N. The maximum absolute atomic E-state index is 12.3. The highest BCUT2D eigenvalue weighted by molar-refractivity contribution is 6.42. The van der Waals surface area contributed by atoms with Crippen molar-refractivity contribution in [3.8, 4) is 0 Å². The fraction of sp³-hybridized carbons (Fsp3) is 0.286. The Bertz CT molecular complexity index is 302. The molecule has 1 aromatic heterocycles. The zero-order valence-corrected chi connectivity index (χ0v) is 7.63. The third kappa shape index (κ3) is 1.67. The van der Waals surface area contributed by atoms with Crippen LogP contribution in [0.25, 0.3) is 0 Å². The minimum absolute atomic E-state index is 0.0533. The van der Waals surface area contributed by atoms with Gasteiger partial charge in [0.05, 0.1) is 15.6 Å². The van der Waals surface area contributed by atoms with Gasteiger partial charge < -0.3 is 0 Å². The molecule has 0 radical (unpaired) electrons. The average molecular weight is 212 g/mol. The molecule has 0 saturated carbocycles. The number of rotatable bonds is 1. The highest BCUT2D eigenvalue weighted by Gasteiger charge is 2.17. The van der Waals surface area contributed by atoms with Crippen molar-refractivity contribution in [2.45, 2.75) is 13.3 Å². The third-order valence-electron chi connectivity index (χ3n) is 1.43. The molecule has 1 nitrogen and oxygen atoms in total. The molecule has 0 aliphatic rings. The monoisotopic (exact) mass is 211 g/mol. The second-order valence-electron chi connectivity index (χ2n) is 2.22. The van der Waals surface area contributed by atoms with Gasteiger partial charge in [-0.3, -0.25) is 4.98 Å². The van der Waals surface area contributed by atoms with Crippen LogP contribution in [0.3, 0.4) is 0 Å². The van der Waals surface area contributed by atoms with Crippen molar-refractivity contribution in [2.75, 3.05) is 0 Å². The van der Waals surface area contributed by atoms with Gasteiger partial charge in [-0.1, -0.05) is 23.2 Å². The van der Waals surface area contributed by atoms with E-state index in [1.165, 1.54) is 13.1 Å². The Morgan fingerprint density at radius 2 is 2.00 bits per heavy atom. The largest absolute Gasteiger partial charge is 0.267 e. The number of aromatic nitrogens is 1. The molecule has 12 heavy (non-hydrogen) atoms. The summed E-state index contributed by atoms with van der Waals surface area (Å²) >= 11 is 11.0. The van der Waals surface area contributed by atoms with E-state index in [0.29, 0.717) is 0 Å². The van der Waals surface area contributed by atoms with E-state index in [0.717, 1.165) is 0 Å². The molecule has 0 aliphatic carbocycles. The number of hydrogen-bond donors (Lipinski definition) is 0.